The van der Waals surface area contributed by atoms with E-state index in [9.17, 15) is 0 Å². The van der Waals surface area contributed by atoms with Gasteiger partial charge < -0.3 is 0 Å². The van der Waals surface area contributed by atoms with E-state index in [1.165, 1.54) is 6.04 Å². The van der Waals surface area contributed by atoms with Crippen molar-refractivity contribution in [1.29, 1.82) is 0 Å². The Morgan fingerprint density at radius 1 is 1.57 bits per heavy atom. The van der Waals surface area contributed by atoms with E-state index in [1.54, 1.807) is 0 Å². The van der Waals surface area contributed by atoms with Crippen molar-refractivity contribution in [2.75, 3.05) is 0 Å². The maximum absolute atomic E-state index is 2.36. The minimum Gasteiger partial charge on any atom is -0.102 e. The molecule has 0 rings (SSSR count). The van der Waals surface area contributed by atoms with Crippen LogP contribution >= 0.6 is 0 Å². The highest BCUT2D eigenvalue weighted by Gasteiger charge is 1.88. The maximum Gasteiger partial charge on any atom is 0.0577 e. The Kier molecular flexibility index (Phi) is 4.10. The molecule has 0 saturated carbocycles. The molecule has 0 amide bonds. The first-order valence-corrected chi connectivity index (χ1v) is 5.57. The fourth-order valence-corrected chi connectivity index (χ4v) is 1.39. The second kappa shape index (κ2) is 4.12. The SMILES string of the molecule is CC=C[SiH](C)CC. The van der Waals surface area contributed by atoms with Crippen LogP contribution in [-0.2, 0) is 0 Å². The Balaban J connectivity index is 3.16. The number of hydrogen-bond donors (Lipinski definition) is 0. The molecular formula is C6H14Si. The van der Waals surface area contributed by atoms with Crippen LogP contribution in [0.15, 0.2) is 11.8 Å². The van der Waals surface area contributed by atoms with Crippen molar-refractivity contribution in [2.45, 2.75) is 26.4 Å². The highest BCUT2D eigenvalue weighted by molar-refractivity contribution is 6.62. The molecule has 0 aliphatic carbocycles. The number of allylic oxidation sites excluding steroid dienone is 1. The van der Waals surface area contributed by atoms with Crippen molar-refractivity contribution in [2.24, 2.45) is 0 Å². The van der Waals surface area contributed by atoms with E-state index >= 15 is 0 Å². The summed E-state index contributed by atoms with van der Waals surface area (Å²) in [6.07, 6.45) is 2.17. The summed E-state index contributed by atoms with van der Waals surface area (Å²) in [6.45, 7) is 6.72. The molecule has 0 fully saturated rings. The Bertz CT molecular complexity index is 57.2. The van der Waals surface area contributed by atoms with Gasteiger partial charge in [0.05, 0.1) is 8.80 Å². The summed E-state index contributed by atoms with van der Waals surface area (Å²) >= 11 is 0. The summed E-state index contributed by atoms with van der Waals surface area (Å²) in [6, 6.07) is 1.39. The zero-order valence-corrected chi connectivity index (χ0v) is 6.59. The second-order valence-corrected chi connectivity index (χ2v) is 5.07. The van der Waals surface area contributed by atoms with Gasteiger partial charge >= 0.3 is 0 Å². The molecule has 1 unspecified atom stereocenters. The minimum absolute atomic E-state index is 0.362. The average molecular weight is 114 g/mol. The van der Waals surface area contributed by atoms with E-state index in [0.717, 1.165) is 0 Å². The third-order valence-electron chi connectivity index (χ3n) is 1.16. The maximum atomic E-state index is 2.36. The lowest BCUT2D eigenvalue weighted by molar-refractivity contribution is 1.43. The molecule has 0 saturated heterocycles. The highest BCUT2D eigenvalue weighted by atomic mass is 28.3. The smallest absolute Gasteiger partial charge is 0.0577 e. The molecule has 0 aromatic rings. The van der Waals surface area contributed by atoms with Crippen molar-refractivity contribution in [3.05, 3.63) is 11.8 Å². The van der Waals surface area contributed by atoms with Crippen LogP contribution in [0.25, 0.3) is 0 Å². The van der Waals surface area contributed by atoms with E-state index in [2.05, 4.69) is 32.2 Å². The fraction of sp³-hybridized carbons (Fsp3) is 0.667. The van der Waals surface area contributed by atoms with E-state index in [0.29, 0.717) is 0 Å². The first kappa shape index (κ1) is 6.96. The van der Waals surface area contributed by atoms with Crippen molar-refractivity contribution in [1.82, 2.24) is 0 Å². The zero-order valence-electron chi connectivity index (χ0n) is 5.44. The first-order valence-electron chi connectivity index (χ1n) is 2.94. The first-order chi connectivity index (χ1) is 3.31. The van der Waals surface area contributed by atoms with Crippen LogP contribution < -0.4 is 0 Å². The molecule has 0 bridgehead atoms. The van der Waals surface area contributed by atoms with Crippen molar-refractivity contribution < 1.29 is 0 Å². The topological polar surface area (TPSA) is 0 Å². The molecule has 1 atom stereocenters. The predicted octanol–water partition coefficient (Wildman–Crippen LogP) is 1.98. The Labute approximate surface area is 47.9 Å². The van der Waals surface area contributed by atoms with Gasteiger partial charge in [-0.15, -0.1) is 5.70 Å². The molecule has 0 aromatic heterocycles. The lowest BCUT2D eigenvalue weighted by Crippen LogP contribution is -1.97. The van der Waals surface area contributed by atoms with Crippen molar-refractivity contribution in [3.63, 3.8) is 0 Å². The summed E-state index contributed by atoms with van der Waals surface area (Å²) in [5.74, 6) is 0. The van der Waals surface area contributed by atoms with Gasteiger partial charge in [0.15, 0.2) is 0 Å². The van der Waals surface area contributed by atoms with Crippen LogP contribution in [0.3, 0.4) is 0 Å². The average Bonchev–Trinajstić information content (AvgIpc) is 1.68. The molecule has 7 heavy (non-hydrogen) atoms. The Morgan fingerprint density at radius 2 is 2.14 bits per heavy atom. The van der Waals surface area contributed by atoms with E-state index in [-0.39, 0.29) is 8.80 Å². The minimum atomic E-state index is -0.362. The fourth-order valence-electron chi connectivity index (χ4n) is 0.465. The lowest BCUT2D eigenvalue weighted by Gasteiger charge is -1.93. The third kappa shape index (κ3) is 3.80. The standard InChI is InChI=1S/C6H14Si/c1-4-6-7(3)5-2/h4,6-7H,5H2,1-3H3. The molecule has 0 heterocycles. The van der Waals surface area contributed by atoms with Gasteiger partial charge in [0.2, 0.25) is 0 Å². The van der Waals surface area contributed by atoms with Gasteiger partial charge in [0.25, 0.3) is 0 Å². The van der Waals surface area contributed by atoms with E-state index in [1.807, 2.05) is 0 Å². The van der Waals surface area contributed by atoms with Crippen molar-refractivity contribution in [3.8, 4) is 0 Å². The van der Waals surface area contributed by atoms with Crippen LogP contribution in [0.1, 0.15) is 13.8 Å². The monoisotopic (exact) mass is 114 g/mol. The van der Waals surface area contributed by atoms with Crippen LogP contribution in [0, 0.1) is 0 Å². The van der Waals surface area contributed by atoms with Gasteiger partial charge in [0, 0.05) is 0 Å². The number of rotatable bonds is 2. The van der Waals surface area contributed by atoms with Gasteiger partial charge in [-0.1, -0.05) is 25.6 Å². The molecule has 0 nitrogen and oxygen atoms in total. The van der Waals surface area contributed by atoms with E-state index in [4.69, 9.17) is 0 Å². The van der Waals surface area contributed by atoms with Crippen LogP contribution in [-0.4, -0.2) is 8.80 Å². The summed E-state index contributed by atoms with van der Waals surface area (Å²) in [4.78, 5) is 0. The van der Waals surface area contributed by atoms with Crippen LogP contribution in [0.4, 0.5) is 0 Å². The number of hydrogen-bond acceptors (Lipinski definition) is 0. The highest BCUT2D eigenvalue weighted by Crippen LogP contribution is 1.89. The quantitative estimate of drug-likeness (QED) is 0.482. The lowest BCUT2D eigenvalue weighted by atomic mass is 10.8. The molecule has 1 heteroatoms. The van der Waals surface area contributed by atoms with Gasteiger partial charge in [-0.3, -0.25) is 0 Å². The van der Waals surface area contributed by atoms with Crippen LogP contribution in [0.5, 0.6) is 0 Å². The van der Waals surface area contributed by atoms with Gasteiger partial charge in [0.1, 0.15) is 0 Å². The summed E-state index contributed by atoms with van der Waals surface area (Å²) in [7, 11) is -0.362. The molecule has 0 aliphatic heterocycles. The predicted molar refractivity (Wildman–Crippen MR) is 38.3 cm³/mol. The molecule has 42 valence electrons. The Morgan fingerprint density at radius 3 is 2.29 bits per heavy atom. The molecule has 0 aliphatic rings. The van der Waals surface area contributed by atoms with E-state index < -0.39 is 0 Å². The molecule has 0 N–H and O–H groups in total. The zero-order chi connectivity index (χ0) is 5.70. The molecule has 0 aromatic carbocycles. The van der Waals surface area contributed by atoms with Gasteiger partial charge in [-0.25, -0.2) is 0 Å². The summed E-state index contributed by atoms with van der Waals surface area (Å²) < 4.78 is 0. The normalized spacial score (nSPS) is 15.3. The molecule has 0 radical (unpaired) electrons. The van der Waals surface area contributed by atoms with Crippen LogP contribution in [0.2, 0.25) is 12.6 Å². The molecule has 0 spiro atoms. The largest absolute Gasteiger partial charge is 0.102 e. The molecular weight excluding hydrogens is 100 g/mol. The summed E-state index contributed by atoms with van der Waals surface area (Å²) in [5, 5.41) is 0. The van der Waals surface area contributed by atoms with Gasteiger partial charge in [-0.2, -0.15) is 0 Å². The second-order valence-electron chi connectivity index (χ2n) is 1.91. The van der Waals surface area contributed by atoms with Gasteiger partial charge in [-0.05, 0) is 6.92 Å². The van der Waals surface area contributed by atoms with Crippen molar-refractivity contribution >= 4 is 8.80 Å². The Hall–Kier alpha value is -0.0431. The summed E-state index contributed by atoms with van der Waals surface area (Å²) in [5.41, 5.74) is 2.36. The third-order valence-corrected chi connectivity index (χ3v) is 3.49.